The molecule has 2 heterocycles. The lowest BCUT2D eigenvalue weighted by molar-refractivity contribution is 0.0938. The van der Waals surface area contributed by atoms with Gasteiger partial charge in [0, 0.05) is 17.8 Å². The Morgan fingerprint density at radius 2 is 2.00 bits per heavy atom. The third-order valence-electron chi connectivity index (χ3n) is 3.41. The summed E-state index contributed by atoms with van der Waals surface area (Å²) in [4.78, 5) is 20.5. The average Bonchev–Trinajstić information content (AvgIpc) is 2.70. The molecule has 0 radical (unpaired) electrons. The summed E-state index contributed by atoms with van der Waals surface area (Å²) in [5, 5.41) is 6.88. The monoisotopic (exact) mass is 288 g/mol. The third-order valence-corrected chi connectivity index (χ3v) is 3.41. The summed E-state index contributed by atoms with van der Waals surface area (Å²) >= 11 is 0. The topological polar surface area (TPSA) is 80.9 Å². The van der Waals surface area contributed by atoms with Gasteiger partial charge in [0.2, 0.25) is 0 Å². The van der Waals surface area contributed by atoms with E-state index < -0.39 is 0 Å². The van der Waals surface area contributed by atoms with Crippen LogP contribution < -0.4 is 5.32 Å². The van der Waals surface area contributed by atoms with E-state index in [-0.39, 0.29) is 11.9 Å². The van der Waals surface area contributed by atoms with Crippen molar-refractivity contribution in [3.05, 3.63) is 40.3 Å². The molecule has 112 valence electrons. The summed E-state index contributed by atoms with van der Waals surface area (Å²) in [6.45, 7) is 9.34. The molecule has 2 aromatic heterocycles. The Morgan fingerprint density at radius 3 is 2.57 bits per heavy atom. The molecule has 1 atom stereocenters. The van der Waals surface area contributed by atoms with Crippen LogP contribution in [0.2, 0.25) is 0 Å². The Hall–Kier alpha value is -2.24. The predicted molar refractivity (Wildman–Crippen MR) is 78.1 cm³/mol. The summed E-state index contributed by atoms with van der Waals surface area (Å²) in [6, 6.07) is -0.0324. The van der Waals surface area contributed by atoms with Gasteiger partial charge in [-0.2, -0.15) is 0 Å². The van der Waals surface area contributed by atoms with Crippen LogP contribution >= 0.6 is 0 Å². The average molecular weight is 288 g/mol. The van der Waals surface area contributed by atoms with E-state index in [0.29, 0.717) is 23.5 Å². The molecule has 1 unspecified atom stereocenters. The maximum atomic E-state index is 12.3. The van der Waals surface area contributed by atoms with Crippen molar-refractivity contribution in [2.45, 2.75) is 47.1 Å². The Kier molecular flexibility index (Phi) is 4.35. The number of carbonyl (C=O) groups is 1. The molecule has 0 saturated heterocycles. The standard InChI is InChI=1S/C15H20N4O2/c1-8(6-13-10(3)19-21-11(13)4)17-15(20)14-7-16-12(5)18-9(14)2/h7-8H,6H2,1-5H3,(H,17,20). The number of nitrogens with zero attached hydrogens (tertiary/aromatic N) is 3. The van der Waals surface area contributed by atoms with Crippen molar-refractivity contribution in [2.24, 2.45) is 0 Å². The van der Waals surface area contributed by atoms with Crippen LogP contribution in [-0.2, 0) is 6.42 Å². The van der Waals surface area contributed by atoms with Gasteiger partial charge in [0.05, 0.1) is 17.0 Å². The molecule has 0 spiro atoms. The van der Waals surface area contributed by atoms with Gasteiger partial charge in [-0.15, -0.1) is 0 Å². The number of aromatic nitrogens is 3. The fourth-order valence-corrected chi connectivity index (χ4v) is 2.26. The fourth-order valence-electron chi connectivity index (χ4n) is 2.26. The van der Waals surface area contributed by atoms with Crippen LogP contribution in [0, 0.1) is 27.7 Å². The van der Waals surface area contributed by atoms with Crippen molar-refractivity contribution in [3.8, 4) is 0 Å². The summed E-state index contributed by atoms with van der Waals surface area (Å²) in [5.41, 5.74) is 3.10. The lowest BCUT2D eigenvalue weighted by Gasteiger charge is -2.14. The molecule has 0 fully saturated rings. The number of hydrogen-bond acceptors (Lipinski definition) is 5. The Morgan fingerprint density at radius 1 is 1.29 bits per heavy atom. The quantitative estimate of drug-likeness (QED) is 0.931. The van der Waals surface area contributed by atoms with Gasteiger partial charge in [0.25, 0.3) is 5.91 Å². The first kappa shape index (κ1) is 15.2. The van der Waals surface area contributed by atoms with E-state index in [1.807, 2.05) is 27.7 Å². The van der Waals surface area contributed by atoms with Crippen LogP contribution in [0.25, 0.3) is 0 Å². The summed E-state index contributed by atoms with van der Waals surface area (Å²) < 4.78 is 5.14. The predicted octanol–water partition coefficient (Wildman–Crippen LogP) is 2.06. The minimum atomic E-state index is -0.160. The molecule has 6 nitrogen and oxygen atoms in total. The van der Waals surface area contributed by atoms with Crippen LogP contribution in [0.4, 0.5) is 0 Å². The number of carbonyl (C=O) groups excluding carboxylic acids is 1. The first-order chi connectivity index (χ1) is 9.88. The van der Waals surface area contributed by atoms with Gasteiger partial charge in [-0.05, 0) is 41.0 Å². The van der Waals surface area contributed by atoms with Crippen molar-refractivity contribution < 1.29 is 9.32 Å². The van der Waals surface area contributed by atoms with Crippen molar-refractivity contribution >= 4 is 5.91 Å². The molecule has 1 N–H and O–H groups in total. The molecule has 1 amide bonds. The van der Waals surface area contributed by atoms with Crippen LogP contribution in [-0.4, -0.2) is 27.1 Å². The highest BCUT2D eigenvalue weighted by atomic mass is 16.5. The number of amides is 1. The molecule has 21 heavy (non-hydrogen) atoms. The smallest absolute Gasteiger partial charge is 0.254 e. The third kappa shape index (κ3) is 3.45. The molecule has 6 heteroatoms. The maximum Gasteiger partial charge on any atom is 0.254 e. The van der Waals surface area contributed by atoms with Crippen molar-refractivity contribution in [2.75, 3.05) is 0 Å². The zero-order valence-electron chi connectivity index (χ0n) is 13.0. The summed E-state index contributed by atoms with van der Waals surface area (Å²) in [5.74, 6) is 1.29. The zero-order valence-corrected chi connectivity index (χ0v) is 13.0. The molecule has 2 rings (SSSR count). The van der Waals surface area contributed by atoms with Crippen LogP contribution in [0.1, 0.15) is 45.8 Å². The van der Waals surface area contributed by atoms with Crippen LogP contribution in [0.5, 0.6) is 0 Å². The van der Waals surface area contributed by atoms with E-state index in [1.165, 1.54) is 0 Å². The van der Waals surface area contributed by atoms with Gasteiger partial charge in [0.1, 0.15) is 11.6 Å². The highest BCUT2D eigenvalue weighted by molar-refractivity contribution is 5.95. The molecule has 2 aromatic rings. The lowest BCUT2D eigenvalue weighted by atomic mass is 10.1. The normalized spacial score (nSPS) is 12.2. The van der Waals surface area contributed by atoms with E-state index in [0.717, 1.165) is 17.0 Å². The second-order valence-electron chi connectivity index (χ2n) is 5.30. The van der Waals surface area contributed by atoms with Gasteiger partial charge in [0.15, 0.2) is 0 Å². The van der Waals surface area contributed by atoms with Gasteiger partial charge in [-0.25, -0.2) is 9.97 Å². The second-order valence-corrected chi connectivity index (χ2v) is 5.30. The first-order valence-corrected chi connectivity index (χ1v) is 6.91. The van der Waals surface area contributed by atoms with Crippen LogP contribution in [0.3, 0.4) is 0 Å². The van der Waals surface area contributed by atoms with E-state index in [2.05, 4.69) is 20.4 Å². The minimum absolute atomic E-state index is 0.0324. The number of rotatable bonds is 4. The van der Waals surface area contributed by atoms with Gasteiger partial charge >= 0.3 is 0 Å². The molecular formula is C15H20N4O2. The Labute approximate surface area is 124 Å². The molecule has 0 aliphatic heterocycles. The van der Waals surface area contributed by atoms with Gasteiger partial charge in [-0.1, -0.05) is 5.16 Å². The molecule has 0 aliphatic rings. The van der Waals surface area contributed by atoms with Crippen LogP contribution in [0.15, 0.2) is 10.7 Å². The van der Waals surface area contributed by atoms with E-state index in [1.54, 1.807) is 13.1 Å². The fraction of sp³-hybridized carbons (Fsp3) is 0.467. The Bertz CT molecular complexity index is 644. The minimum Gasteiger partial charge on any atom is -0.361 e. The number of aryl methyl sites for hydroxylation is 4. The van der Waals surface area contributed by atoms with Crippen molar-refractivity contribution in [1.29, 1.82) is 0 Å². The highest BCUT2D eigenvalue weighted by Gasteiger charge is 2.17. The second kappa shape index (κ2) is 6.03. The molecule has 0 aromatic carbocycles. The zero-order chi connectivity index (χ0) is 15.6. The largest absolute Gasteiger partial charge is 0.361 e. The summed E-state index contributed by atoms with van der Waals surface area (Å²) in [7, 11) is 0. The molecular weight excluding hydrogens is 268 g/mol. The van der Waals surface area contributed by atoms with Crippen molar-refractivity contribution in [3.63, 3.8) is 0 Å². The number of hydrogen-bond donors (Lipinski definition) is 1. The SMILES string of the molecule is Cc1ncc(C(=O)NC(C)Cc2c(C)noc2C)c(C)n1. The maximum absolute atomic E-state index is 12.3. The van der Waals surface area contributed by atoms with Gasteiger partial charge < -0.3 is 9.84 Å². The molecule has 0 aliphatic carbocycles. The number of nitrogens with one attached hydrogen (secondary N) is 1. The Balaban J connectivity index is 2.05. The molecule has 0 bridgehead atoms. The van der Waals surface area contributed by atoms with E-state index in [9.17, 15) is 4.79 Å². The van der Waals surface area contributed by atoms with Crippen molar-refractivity contribution in [1.82, 2.24) is 20.4 Å². The molecule has 0 saturated carbocycles. The van der Waals surface area contributed by atoms with Gasteiger partial charge in [-0.3, -0.25) is 4.79 Å². The van der Waals surface area contributed by atoms with E-state index in [4.69, 9.17) is 4.52 Å². The first-order valence-electron chi connectivity index (χ1n) is 6.91. The van der Waals surface area contributed by atoms with E-state index >= 15 is 0 Å². The summed E-state index contributed by atoms with van der Waals surface area (Å²) in [6.07, 6.45) is 2.24. The highest BCUT2D eigenvalue weighted by Crippen LogP contribution is 2.14. The lowest BCUT2D eigenvalue weighted by Crippen LogP contribution is -2.35.